The molecule has 6 heteroatoms. The lowest BCUT2D eigenvalue weighted by atomic mass is 9.73. The van der Waals surface area contributed by atoms with Gasteiger partial charge in [0.15, 0.2) is 0 Å². The van der Waals surface area contributed by atoms with E-state index in [0.717, 1.165) is 37.5 Å². The van der Waals surface area contributed by atoms with Crippen molar-refractivity contribution in [3.63, 3.8) is 0 Å². The Balaban J connectivity index is 1.32. The Kier molecular flexibility index (Phi) is 10.8. The van der Waals surface area contributed by atoms with E-state index in [1.165, 1.54) is 50.7 Å². The molecule has 1 aliphatic carbocycles. The van der Waals surface area contributed by atoms with Gasteiger partial charge in [-0.2, -0.15) is 0 Å². The van der Waals surface area contributed by atoms with Crippen LogP contribution in [0.1, 0.15) is 90.0 Å². The summed E-state index contributed by atoms with van der Waals surface area (Å²) in [5.74, 6) is 1.82. The Morgan fingerprint density at radius 2 is 1.61 bits per heavy atom. The molecule has 1 saturated heterocycles. The highest BCUT2D eigenvalue weighted by Crippen LogP contribution is 2.40. The smallest absolute Gasteiger partial charge is 0.270 e. The minimum atomic E-state index is -2.99. The molecule has 1 heterocycles. The van der Waals surface area contributed by atoms with Crippen molar-refractivity contribution in [2.45, 2.75) is 90.6 Å². The van der Waals surface area contributed by atoms with Crippen molar-refractivity contribution in [3.8, 4) is 22.6 Å². The van der Waals surface area contributed by atoms with Crippen molar-refractivity contribution in [2.24, 2.45) is 17.8 Å². The first-order valence-corrected chi connectivity index (χ1v) is 14.6. The van der Waals surface area contributed by atoms with Gasteiger partial charge in [0.1, 0.15) is 23.9 Å². The lowest BCUT2D eigenvalue weighted by Crippen LogP contribution is -2.35. The second-order valence-electron chi connectivity index (χ2n) is 11.0. The summed E-state index contributed by atoms with van der Waals surface area (Å²) in [6, 6.07) is 9.82. The Morgan fingerprint density at radius 3 is 2.24 bits per heavy atom. The number of alkyl halides is 2. The van der Waals surface area contributed by atoms with Crippen LogP contribution in [-0.4, -0.2) is 25.9 Å². The van der Waals surface area contributed by atoms with Crippen LogP contribution in [0.3, 0.4) is 0 Å². The second kappa shape index (κ2) is 14.3. The molecule has 0 N–H and O–H groups in total. The zero-order valence-corrected chi connectivity index (χ0v) is 22.9. The van der Waals surface area contributed by atoms with Gasteiger partial charge in [0.25, 0.3) is 6.43 Å². The number of ether oxygens (including phenoxy) is 3. The van der Waals surface area contributed by atoms with Gasteiger partial charge in [-0.1, -0.05) is 58.1 Å². The Bertz CT molecular complexity index is 978. The number of rotatable bonds is 12. The van der Waals surface area contributed by atoms with Crippen LogP contribution in [0.5, 0.6) is 11.5 Å². The molecule has 2 aromatic rings. The molecular formula is C32H43F3O3. The molecule has 2 fully saturated rings. The maximum absolute atomic E-state index is 15.3. The molecule has 2 aromatic carbocycles. The SMILES string of the molecule is CCCCOc1ccc(-c2ccc(OCC3CCC(C4CCC(CCC)CC4)CO3)c(C(F)F)c2F)cc1. The zero-order chi connectivity index (χ0) is 26.9. The summed E-state index contributed by atoms with van der Waals surface area (Å²) in [6.45, 7) is 5.81. The van der Waals surface area contributed by atoms with E-state index >= 15 is 4.39 Å². The van der Waals surface area contributed by atoms with Crippen molar-refractivity contribution in [2.75, 3.05) is 19.8 Å². The molecule has 0 spiro atoms. The van der Waals surface area contributed by atoms with Gasteiger partial charge in [-0.15, -0.1) is 0 Å². The molecule has 210 valence electrons. The molecule has 0 bridgehead atoms. The van der Waals surface area contributed by atoms with Crippen LogP contribution < -0.4 is 9.47 Å². The van der Waals surface area contributed by atoms with Crippen molar-refractivity contribution < 1.29 is 27.4 Å². The molecular weight excluding hydrogens is 489 g/mol. The third-order valence-corrected chi connectivity index (χ3v) is 8.38. The summed E-state index contributed by atoms with van der Waals surface area (Å²) >= 11 is 0. The third-order valence-electron chi connectivity index (χ3n) is 8.38. The molecule has 2 atom stereocenters. The maximum atomic E-state index is 15.3. The monoisotopic (exact) mass is 532 g/mol. The first-order valence-electron chi connectivity index (χ1n) is 14.6. The van der Waals surface area contributed by atoms with Gasteiger partial charge in [0.2, 0.25) is 0 Å². The molecule has 1 aliphatic heterocycles. The van der Waals surface area contributed by atoms with Crippen LogP contribution in [0, 0.1) is 23.6 Å². The fourth-order valence-corrected chi connectivity index (χ4v) is 6.06. The number of unbranched alkanes of at least 4 members (excludes halogenated alkanes) is 1. The Labute approximate surface area is 226 Å². The first kappa shape index (κ1) is 28.8. The predicted octanol–water partition coefficient (Wildman–Crippen LogP) is 9.39. The topological polar surface area (TPSA) is 27.7 Å². The van der Waals surface area contributed by atoms with Crippen LogP contribution in [0.4, 0.5) is 13.2 Å². The maximum Gasteiger partial charge on any atom is 0.270 e. The van der Waals surface area contributed by atoms with Gasteiger partial charge in [-0.3, -0.25) is 0 Å². The van der Waals surface area contributed by atoms with Crippen LogP contribution in [0.25, 0.3) is 11.1 Å². The number of halogens is 3. The lowest BCUT2D eigenvalue weighted by molar-refractivity contribution is -0.0564. The van der Waals surface area contributed by atoms with Crippen LogP contribution >= 0.6 is 0 Å². The number of hydrogen-bond donors (Lipinski definition) is 0. The van der Waals surface area contributed by atoms with Gasteiger partial charge in [-0.05, 0) is 79.7 Å². The quantitative estimate of drug-likeness (QED) is 0.255. The molecule has 1 saturated carbocycles. The molecule has 2 unspecified atom stereocenters. The van der Waals surface area contributed by atoms with Crippen molar-refractivity contribution in [1.29, 1.82) is 0 Å². The highest BCUT2D eigenvalue weighted by atomic mass is 19.3. The second-order valence-corrected chi connectivity index (χ2v) is 11.0. The summed E-state index contributed by atoms with van der Waals surface area (Å²) in [4.78, 5) is 0. The van der Waals surface area contributed by atoms with Crippen LogP contribution in [0.2, 0.25) is 0 Å². The van der Waals surface area contributed by atoms with E-state index in [0.29, 0.717) is 30.4 Å². The molecule has 2 aliphatic rings. The predicted molar refractivity (Wildman–Crippen MR) is 146 cm³/mol. The van der Waals surface area contributed by atoms with Crippen molar-refractivity contribution >= 4 is 0 Å². The molecule has 0 amide bonds. The van der Waals surface area contributed by atoms with Crippen molar-refractivity contribution in [3.05, 3.63) is 47.8 Å². The van der Waals surface area contributed by atoms with E-state index < -0.39 is 17.8 Å². The standard InChI is InChI=1S/C32H43F3O3/c1-3-5-19-36-26-14-11-24(12-15-26)28-17-18-29(30(31(28)33)32(34)35)38-21-27-16-13-25(20-37-27)23-9-7-22(6-4-2)8-10-23/h11-12,14-15,17-18,22-23,25,27,32H,3-10,13,16,19-21H2,1-2H3. The van der Waals surface area contributed by atoms with E-state index in [9.17, 15) is 8.78 Å². The van der Waals surface area contributed by atoms with Gasteiger partial charge in [0.05, 0.1) is 24.9 Å². The average molecular weight is 533 g/mol. The van der Waals surface area contributed by atoms with Crippen LogP contribution in [0.15, 0.2) is 36.4 Å². The molecule has 3 nitrogen and oxygen atoms in total. The van der Waals surface area contributed by atoms with Gasteiger partial charge < -0.3 is 14.2 Å². The van der Waals surface area contributed by atoms with E-state index in [1.54, 1.807) is 24.3 Å². The molecule has 38 heavy (non-hydrogen) atoms. The fraction of sp³-hybridized carbons (Fsp3) is 0.625. The van der Waals surface area contributed by atoms with Gasteiger partial charge >= 0.3 is 0 Å². The summed E-state index contributed by atoms with van der Waals surface area (Å²) in [5, 5.41) is 0. The third kappa shape index (κ3) is 7.46. The number of hydrogen-bond acceptors (Lipinski definition) is 3. The minimum Gasteiger partial charge on any atom is -0.494 e. The summed E-state index contributed by atoms with van der Waals surface area (Å²) < 4.78 is 60.7. The number of benzene rings is 2. The fourth-order valence-electron chi connectivity index (χ4n) is 6.06. The van der Waals surface area contributed by atoms with E-state index in [1.807, 2.05) is 0 Å². The normalized spacial score (nSPS) is 23.9. The summed E-state index contributed by atoms with van der Waals surface area (Å²) in [7, 11) is 0. The Hall–Kier alpha value is -2.21. The van der Waals surface area contributed by atoms with Gasteiger partial charge in [0, 0.05) is 5.56 Å². The van der Waals surface area contributed by atoms with Crippen LogP contribution in [-0.2, 0) is 4.74 Å². The summed E-state index contributed by atoms with van der Waals surface area (Å²) in [6.07, 6.45) is 8.60. The summed E-state index contributed by atoms with van der Waals surface area (Å²) in [5.41, 5.74) is -0.0503. The average Bonchev–Trinajstić information content (AvgIpc) is 2.93. The van der Waals surface area contributed by atoms with E-state index in [-0.39, 0.29) is 24.0 Å². The highest BCUT2D eigenvalue weighted by Gasteiger charge is 2.32. The lowest BCUT2D eigenvalue weighted by Gasteiger charge is -2.37. The zero-order valence-electron chi connectivity index (χ0n) is 22.9. The van der Waals surface area contributed by atoms with E-state index in [2.05, 4.69) is 13.8 Å². The minimum absolute atomic E-state index is 0.110. The molecule has 0 aromatic heterocycles. The van der Waals surface area contributed by atoms with Gasteiger partial charge in [-0.25, -0.2) is 13.2 Å². The largest absolute Gasteiger partial charge is 0.494 e. The molecule has 4 rings (SSSR count). The first-order chi connectivity index (χ1) is 18.5. The molecule has 0 radical (unpaired) electrons. The Morgan fingerprint density at radius 1 is 0.868 bits per heavy atom. The van der Waals surface area contributed by atoms with E-state index in [4.69, 9.17) is 14.2 Å². The highest BCUT2D eigenvalue weighted by molar-refractivity contribution is 5.67. The van der Waals surface area contributed by atoms with Crippen molar-refractivity contribution in [1.82, 2.24) is 0 Å².